The molecule has 0 saturated carbocycles. The summed E-state index contributed by atoms with van der Waals surface area (Å²) in [5.74, 6) is -0.552. The van der Waals surface area contributed by atoms with Crippen molar-refractivity contribution in [3.8, 4) is 0 Å². The van der Waals surface area contributed by atoms with Gasteiger partial charge in [-0.15, -0.1) is 0 Å². The highest BCUT2D eigenvalue weighted by Gasteiger charge is 2.44. The largest absolute Gasteiger partial charge is 0.469 e. The van der Waals surface area contributed by atoms with Crippen LogP contribution in [0.15, 0.2) is 0 Å². The van der Waals surface area contributed by atoms with Crippen LogP contribution in [-0.4, -0.2) is 68.3 Å². The van der Waals surface area contributed by atoms with Crippen LogP contribution >= 0.6 is 7.82 Å². The number of aliphatic hydroxyl groups is 3. The van der Waals surface area contributed by atoms with Gasteiger partial charge in [0.1, 0.15) is 24.4 Å². The normalized spacial score (nSPS) is 36.0. The summed E-state index contributed by atoms with van der Waals surface area (Å²) in [7, 11) is -4.76. The molecule has 1 aliphatic heterocycles. The van der Waals surface area contributed by atoms with Crippen molar-refractivity contribution in [2.24, 2.45) is 0 Å². The zero-order chi connectivity index (χ0) is 14.8. The Balaban J connectivity index is 2.66. The van der Waals surface area contributed by atoms with Gasteiger partial charge in [-0.1, -0.05) is 0 Å². The molecular weight excluding hydrogens is 285 g/mol. The Hall–Kier alpha value is -0.580. The van der Waals surface area contributed by atoms with Crippen LogP contribution in [0.2, 0.25) is 0 Å². The van der Waals surface area contributed by atoms with Gasteiger partial charge in [-0.2, -0.15) is 0 Å². The van der Waals surface area contributed by atoms with Crippen molar-refractivity contribution in [2.75, 3.05) is 6.61 Å². The minimum absolute atomic E-state index is 0.552. The first-order valence-corrected chi connectivity index (χ1v) is 6.81. The first-order valence-electron chi connectivity index (χ1n) is 5.28. The van der Waals surface area contributed by atoms with E-state index in [0.717, 1.165) is 6.92 Å². The lowest BCUT2D eigenvalue weighted by atomic mass is 9.97. The summed E-state index contributed by atoms with van der Waals surface area (Å²) in [5.41, 5.74) is 0. The van der Waals surface area contributed by atoms with Gasteiger partial charge < -0.3 is 35.2 Å². The smallest absolute Gasteiger partial charge is 0.388 e. The highest BCUT2D eigenvalue weighted by Crippen LogP contribution is 2.36. The Morgan fingerprint density at radius 2 is 1.89 bits per heavy atom. The van der Waals surface area contributed by atoms with E-state index < -0.39 is 51.0 Å². The van der Waals surface area contributed by atoms with Gasteiger partial charge in [0.05, 0.1) is 6.61 Å². The second-order valence-corrected chi connectivity index (χ2v) is 5.30. The molecule has 19 heavy (non-hydrogen) atoms. The van der Waals surface area contributed by atoms with Crippen molar-refractivity contribution in [1.29, 1.82) is 0 Å². The van der Waals surface area contributed by atoms with E-state index in [9.17, 15) is 24.7 Å². The third kappa shape index (κ3) is 4.79. The van der Waals surface area contributed by atoms with Gasteiger partial charge in [-0.05, 0) is 0 Å². The lowest BCUT2D eigenvalue weighted by Gasteiger charge is -2.40. The number of amides is 1. The second kappa shape index (κ2) is 6.25. The third-order valence-electron chi connectivity index (χ3n) is 2.50. The fourth-order valence-corrected chi connectivity index (χ4v) is 1.99. The van der Waals surface area contributed by atoms with E-state index in [1.165, 1.54) is 0 Å². The van der Waals surface area contributed by atoms with Gasteiger partial charge in [-0.25, -0.2) is 4.57 Å². The van der Waals surface area contributed by atoms with Gasteiger partial charge in [0, 0.05) is 6.92 Å². The molecule has 0 bridgehead atoms. The van der Waals surface area contributed by atoms with Crippen molar-refractivity contribution in [3.63, 3.8) is 0 Å². The molecule has 1 aliphatic rings. The molecule has 112 valence electrons. The number of carbonyl (C=O) groups is 1. The molecule has 0 aromatic heterocycles. The molecule has 11 heteroatoms. The molecule has 6 N–H and O–H groups in total. The van der Waals surface area contributed by atoms with E-state index in [2.05, 4.69) is 9.84 Å². The van der Waals surface area contributed by atoms with Crippen LogP contribution in [0.4, 0.5) is 0 Å². The highest BCUT2D eigenvalue weighted by atomic mass is 31.2. The monoisotopic (exact) mass is 301 g/mol. The van der Waals surface area contributed by atoms with E-state index in [1.54, 1.807) is 0 Å². The predicted molar refractivity (Wildman–Crippen MR) is 58.5 cm³/mol. The molecule has 1 saturated heterocycles. The second-order valence-electron chi connectivity index (χ2n) is 4.06. The zero-order valence-corrected chi connectivity index (χ0v) is 10.8. The highest BCUT2D eigenvalue weighted by molar-refractivity contribution is 7.46. The van der Waals surface area contributed by atoms with Crippen LogP contribution in [0, 0.1) is 0 Å². The Morgan fingerprint density at radius 3 is 2.37 bits per heavy atom. The average Bonchev–Trinajstić information content (AvgIpc) is 2.26. The Morgan fingerprint density at radius 1 is 1.32 bits per heavy atom. The van der Waals surface area contributed by atoms with Gasteiger partial charge in [-0.3, -0.25) is 9.32 Å². The van der Waals surface area contributed by atoms with Crippen molar-refractivity contribution in [2.45, 2.75) is 37.6 Å². The van der Waals surface area contributed by atoms with Gasteiger partial charge in [0.25, 0.3) is 0 Å². The van der Waals surface area contributed by atoms with Gasteiger partial charge >= 0.3 is 7.82 Å². The molecular formula is C8H16NO9P. The summed E-state index contributed by atoms with van der Waals surface area (Å²) < 4.78 is 19.5. The van der Waals surface area contributed by atoms with Crippen molar-refractivity contribution >= 4 is 13.7 Å². The molecule has 0 aromatic carbocycles. The molecule has 1 fully saturated rings. The first kappa shape index (κ1) is 16.5. The van der Waals surface area contributed by atoms with Gasteiger partial charge in [0.15, 0.2) is 6.29 Å². The molecule has 10 nitrogen and oxygen atoms in total. The summed E-state index contributed by atoms with van der Waals surface area (Å²) in [6.45, 7) is 0.418. The molecule has 0 radical (unpaired) electrons. The number of nitrogens with one attached hydrogen (secondary N) is 1. The van der Waals surface area contributed by atoms with E-state index in [1.807, 2.05) is 0 Å². The molecule has 5 unspecified atom stereocenters. The lowest BCUT2D eigenvalue weighted by molar-refractivity contribution is -0.252. The quantitative estimate of drug-likeness (QED) is 0.297. The Labute approximate surface area is 108 Å². The predicted octanol–water partition coefficient (Wildman–Crippen LogP) is -2.96. The fraction of sp³-hybridized carbons (Fsp3) is 0.875. The minimum Gasteiger partial charge on any atom is -0.388 e. The number of rotatable bonds is 4. The summed E-state index contributed by atoms with van der Waals surface area (Å²) in [5, 5.41) is 31.1. The number of aliphatic hydroxyl groups excluding tert-OH is 3. The minimum atomic E-state index is -4.76. The SMILES string of the molecule is CC(=O)NC1C(O)OC(COP(=O)(O)O)C(O)C1O. The Bertz CT molecular complexity index is 371. The third-order valence-corrected chi connectivity index (χ3v) is 2.98. The maximum Gasteiger partial charge on any atom is 0.469 e. The average molecular weight is 301 g/mol. The Kier molecular flexibility index (Phi) is 5.42. The van der Waals surface area contributed by atoms with Gasteiger partial charge in [0.2, 0.25) is 5.91 Å². The summed E-state index contributed by atoms with van der Waals surface area (Å²) in [6.07, 6.45) is -6.15. The fourth-order valence-electron chi connectivity index (χ4n) is 1.65. The zero-order valence-electron chi connectivity index (χ0n) is 9.91. The number of ether oxygens (including phenoxy) is 1. The number of hydrogen-bond donors (Lipinski definition) is 6. The molecule has 0 aromatic rings. The maximum absolute atomic E-state index is 10.9. The topological polar surface area (TPSA) is 166 Å². The van der Waals surface area contributed by atoms with Crippen molar-refractivity contribution in [3.05, 3.63) is 0 Å². The molecule has 0 aliphatic carbocycles. The number of carbonyl (C=O) groups excluding carboxylic acids is 1. The van der Waals surface area contributed by atoms with Crippen LogP contribution in [0.1, 0.15) is 6.92 Å². The standard InChI is InChI=1S/C8H16NO9P/c1-3(10)9-5-7(12)6(11)4(18-8(5)13)2-17-19(14,15)16/h4-8,11-13H,2H2,1H3,(H,9,10)(H2,14,15,16). The van der Waals surface area contributed by atoms with E-state index in [0.29, 0.717) is 0 Å². The van der Waals surface area contributed by atoms with Crippen LogP contribution in [0.25, 0.3) is 0 Å². The molecule has 5 atom stereocenters. The molecule has 1 amide bonds. The molecule has 1 rings (SSSR count). The molecule has 0 spiro atoms. The lowest BCUT2D eigenvalue weighted by Crippen LogP contribution is -2.64. The first-order chi connectivity index (χ1) is 8.61. The van der Waals surface area contributed by atoms with E-state index in [-0.39, 0.29) is 0 Å². The van der Waals surface area contributed by atoms with Crippen molar-refractivity contribution < 1.29 is 43.7 Å². The van der Waals surface area contributed by atoms with Crippen LogP contribution in [-0.2, 0) is 18.6 Å². The number of phosphoric ester groups is 1. The van der Waals surface area contributed by atoms with E-state index in [4.69, 9.17) is 14.5 Å². The van der Waals surface area contributed by atoms with Crippen molar-refractivity contribution in [1.82, 2.24) is 5.32 Å². The van der Waals surface area contributed by atoms with E-state index >= 15 is 0 Å². The van der Waals surface area contributed by atoms with Crippen LogP contribution in [0.5, 0.6) is 0 Å². The summed E-state index contributed by atoms with van der Waals surface area (Å²) in [4.78, 5) is 27.9. The van der Waals surface area contributed by atoms with Crippen LogP contribution < -0.4 is 5.32 Å². The number of phosphoric acid groups is 1. The summed E-state index contributed by atoms with van der Waals surface area (Å²) >= 11 is 0. The summed E-state index contributed by atoms with van der Waals surface area (Å²) in [6, 6.07) is -1.25. The number of hydrogen-bond acceptors (Lipinski definition) is 7. The maximum atomic E-state index is 10.9. The van der Waals surface area contributed by atoms with Crippen LogP contribution in [0.3, 0.4) is 0 Å². The molecule has 1 heterocycles.